The Hall–Kier alpha value is -2.76. The van der Waals surface area contributed by atoms with Crippen molar-refractivity contribution in [3.05, 3.63) is 59.4 Å². The molecule has 28 heavy (non-hydrogen) atoms. The fourth-order valence-corrected chi connectivity index (χ4v) is 3.36. The van der Waals surface area contributed by atoms with Gasteiger partial charge in [-0.1, -0.05) is 38.1 Å². The lowest BCUT2D eigenvalue weighted by Gasteiger charge is -2.31. The second-order valence-corrected chi connectivity index (χ2v) is 7.69. The highest BCUT2D eigenvalue weighted by atomic mass is 16.6. The summed E-state index contributed by atoms with van der Waals surface area (Å²) >= 11 is 0. The normalized spacial score (nSPS) is 14.9. The van der Waals surface area contributed by atoms with Crippen LogP contribution in [0, 0.1) is 5.92 Å². The predicted molar refractivity (Wildman–Crippen MR) is 108 cm³/mol. The molecule has 6 heteroatoms. The molecule has 3 rings (SSSR count). The minimum absolute atomic E-state index is 0.0634. The average molecular weight is 383 g/mol. The van der Waals surface area contributed by atoms with Crippen LogP contribution in [0.2, 0.25) is 0 Å². The third kappa shape index (κ3) is 5.38. The topological polar surface area (TPSA) is 74.4 Å². The van der Waals surface area contributed by atoms with Crippen molar-refractivity contribution in [3.63, 3.8) is 0 Å². The summed E-state index contributed by atoms with van der Waals surface area (Å²) in [6.45, 7) is 6.57. The summed E-state index contributed by atoms with van der Waals surface area (Å²) in [7, 11) is 0. The zero-order valence-electron chi connectivity index (χ0n) is 16.6. The number of nitrogens with zero attached hydrogens (tertiary/aromatic N) is 1. The molecule has 0 radical (unpaired) electrons. The monoisotopic (exact) mass is 383 g/mol. The first-order valence-corrected chi connectivity index (χ1v) is 9.94. The van der Waals surface area contributed by atoms with E-state index in [2.05, 4.69) is 36.3 Å². The smallest absolute Gasteiger partial charge is 0.410 e. The number of carbonyl (C=O) groups excluding carboxylic acids is 2. The maximum atomic E-state index is 12.3. The SMILES string of the molecule is CC(C)c1ccc(COC(=O)N2CCC(CNC(=O)c3cc[nH]c3)CC2)cc1. The Morgan fingerprint density at radius 3 is 2.50 bits per heavy atom. The van der Waals surface area contributed by atoms with E-state index < -0.39 is 0 Å². The Labute approximate surface area is 166 Å². The molecule has 0 bridgehead atoms. The molecule has 150 valence electrons. The Morgan fingerprint density at radius 1 is 1.18 bits per heavy atom. The highest BCUT2D eigenvalue weighted by Crippen LogP contribution is 2.19. The summed E-state index contributed by atoms with van der Waals surface area (Å²) < 4.78 is 5.46. The molecule has 1 saturated heterocycles. The fourth-order valence-electron chi connectivity index (χ4n) is 3.36. The molecule has 0 aliphatic carbocycles. The van der Waals surface area contributed by atoms with Gasteiger partial charge in [-0.15, -0.1) is 0 Å². The Bertz CT molecular complexity index is 761. The number of carbonyl (C=O) groups is 2. The van der Waals surface area contributed by atoms with Crippen molar-refractivity contribution in [1.82, 2.24) is 15.2 Å². The van der Waals surface area contributed by atoms with E-state index in [1.165, 1.54) is 5.56 Å². The minimum atomic E-state index is -0.261. The molecule has 2 N–H and O–H groups in total. The molecule has 1 aromatic heterocycles. The number of piperidine rings is 1. The number of amides is 2. The Kier molecular flexibility index (Phi) is 6.74. The molecule has 0 unspecified atom stereocenters. The first kappa shape index (κ1) is 20.0. The van der Waals surface area contributed by atoms with E-state index in [1.54, 1.807) is 23.4 Å². The number of likely N-dealkylation sites (tertiary alicyclic amines) is 1. The van der Waals surface area contributed by atoms with Crippen LogP contribution in [0.5, 0.6) is 0 Å². The predicted octanol–water partition coefficient (Wildman–Crippen LogP) is 3.92. The van der Waals surface area contributed by atoms with E-state index in [4.69, 9.17) is 4.74 Å². The molecule has 1 aliphatic heterocycles. The van der Waals surface area contributed by atoms with E-state index >= 15 is 0 Å². The van der Waals surface area contributed by atoms with Gasteiger partial charge in [-0.25, -0.2) is 4.79 Å². The zero-order valence-corrected chi connectivity index (χ0v) is 16.6. The summed E-state index contributed by atoms with van der Waals surface area (Å²) in [5.74, 6) is 0.813. The molecule has 6 nitrogen and oxygen atoms in total. The van der Waals surface area contributed by atoms with Gasteiger partial charge in [0.25, 0.3) is 5.91 Å². The summed E-state index contributed by atoms with van der Waals surface area (Å²) in [5.41, 5.74) is 2.92. The maximum Gasteiger partial charge on any atom is 0.410 e. The molecule has 1 fully saturated rings. The van der Waals surface area contributed by atoms with Gasteiger partial charge in [-0.3, -0.25) is 4.79 Å². The number of rotatable bonds is 6. The van der Waals surface area contributed by atoms with E-state index in [9.17, 15) is 9.59 Å². The van der Waals surface area contributed by atoms with Gasteiger partial charge in [0, 0.05) is 32.0 Å². The highest BCUT2D eigenvalue weighted by Gasteiger charge is 2.24. The lowest BCUT2D eigenvalue weighted by atomic mass is 9.97. The van der Waals surface area contributed by atoms with Crippen LogP contribution < -0.4 is 5.32 Å². The van der Waals surface area contributed by atoms with Crippen molar-refractivity contribution in [2.75, 3.05) is 19.6 Å². The molecule has 0 spiro atoms. The number of aromatic amines is 1. The van der Waals surface area contributed by atoms with Gasteiger partial charge in [0.15, 0.2) is 0 Å². The van der Waals surface area contributed by atoms with E-state index in [0.29, 0.717) is 43.6 Å². The van der Waals surface area contributed by atoms with Crippen molar-refractivity contribution in [3.8, 4) is 0 Å². The largest absolute Gasteiger partial charge is 0.445 e. The second-order valence-electron chi connectivity index (χ2n) is 7.69. The third-order valence-electron chi connectivity index (χ3n) is 5.29. The van der Waals surface area contributed by atoms with Crippen molar-refractivity contribution in [1.29, 1.82) is 0 Å². The summed E-state index contributed by atoms with van der Waals surface area (Å²) in [6, 6.07) is 9.95. The number of benzene rings is 1. The maximum absolute atomic E-state index is 12.3. The molecule has 2 heterocycles. The minimum Gasteiger partial charge on any atom is -0.445 e. The first-order valence-electron chi connectivity index (χ1n) is 9.94. The Morgan fingerprint density at radius 2 is 1.89 bits per heavy atom. The molecule has 1 aliphatic rings. The van der Waals surface area contributed by atoms with E-state index in [0.717, 1.165) is 18.4 Å². The number of hydrogen-bond acceptors (Lipinski definition) is 3. The van der Waals surface area contributed by atoms with Gasteiger partial charge in [-0.2, -0.15) is 0 Å². The van der Waals surface area contributed by atoms with Crippen LogP contribution in [-0.4, -0.2) is 41.5 Å². The molecule has 0 atom stereocenters. The summed E-state index contributed by atoms with van der Waals surface area (Å²) in [5, 5.41) is 2.96. The Balaban J connectivity index is 1.37. The standard InChI is InChI=1S/C22H29N3O3/c1-16(2)19-5-3-18(4-6-19)15-28-22(27)25-11-8-17(9-12-25)13-24-21(26)20-7-10-23-14-20/h3-7,10,14,16-17,23H,8-9,11-13,15H2,1-2H3,(H,24,26). The van der Waals surface area contributed by atoms with Crippen LogP contribution in [0.3, 0.4) is 0 Å². The molecular weight excluding hydrogens is 354 g/mol. The van der Waals surface area contributed by atoms with Crippen molar-refractivity contribution >= 4 is 12.0 Å². The van der Waals surface area contributed by atoms with Gasteiger partial charge in [0.2, 0.25) is 0 Å². The quantitative estimate of drug-likeness (QED) is 0.794. The van der Waals surface area contributed by atoms with Gasteiger partial charge in [0.1, 0.15) is 6.61 Å². The van der Waals surface area contributed by atoms with Gasteiger partial charge in [0.05, 0.1) is 5.56 Å². The van der Waals surface area contributed by atoms with Crippen LogP contribution in [0.4, 0.5) is 4.79 Å². The lowest BCUT2D eigenvalue weighted by Crippen LogP contribution is -2.41. The van der Waals surface area contributed by atoms with Crippen LogP contribution in [0.1, 0.15) is 54.1 Å². The molecule has 2 aromatic rings. The van der Waals surface area contributed by atoms with Crippen molar-refractivity contribution < 1.29 is 14.3 Å². The number of nitrogens with one attached hydrogen (secondary N) is 2. The summed E-state index contributed by atoms with van der Waals surface area (Å²) in [6.07, 6.45) is 4.89. The lowest BCUT2D eigenvalue weighted by molar-refractivity contribution is 0.0801. The van der Waals surface area contributed by atoms with Crippen molar-refractivity contribution in [2.45, 2.75) is 39.2 Å². The molecule has 2 amide bonds. The van der Waals surface area contributed by atoms with Crippen LogP contribution >= 0.6 is 0 Å². The first-order chi connectivity index (χ1) is 13.5. The molecule has 0 saturated carbocycles. The number of aromatic nitrogens is 1. The molecular formula is C22H29N3O3. The van der Waals surface area contributed by atoms with Crippen LogP contribution in [0.25, 0.3) is 0 Å². The van der Waals surface area contributed by atoms with Gasteiger partial charge >= 0.3 is 6.09 Å². The zero-order chi connectivity index (χ0) is 19.9. The highest BCUT2D eigenvalue weighted by molar-refractivity contribution is 5.93. The number of ether oxygens (including phenoxy) is 1. The van der Waals surface area contributed by atoms with Gasteiger partial charge < -0.3 is 19.9 Å². The summed E-state index contributed by atoms with van der Waals surface area (Å²) in [4.78, 5) is 28.9. The van der Waals surface area contributed by atoms with Crippen LogP contribution in [0.15, 0.2) is 42.7 Å². The van der Waals surface area contributed by atoms with E-state index in [-0.39, 0.29) is 12.0 Å². The van der Waals surface area contributed by atoms with Gasteiger partial charge in [-0.05, 0) is 41.9 Å². The van der Waals surface area contributed by atoms with E-state index in [1.807, 2.05) is 12.1 Å². The third-order valence-corrected chi connectivity index (χ3v) is 5.29. The van der Waals surface area contributed by atoms with Crippen molar-refractivity contribution in [2.24, 2.45) is 5.92 Å². The second kappa shape index (κ2) is 9.44. The molecule has 1 aromatic carbocycles. The number of hydrogen-bond donors (Lipinski definition) is 2. The fraction of sp³-hybridized carbons (Fsp3) is 0.455. The average Bonchev–Trinajstić information content (AvgIpc) is 3.26. The van der Waals surface area contributed by atoms with Crippen LogP contribution in [-0.2, 0) is 11.3 Å². The number of H-pyrrole nitrogens is 1.